The fourth-order valence-corrected chi connectivity index (χ4v) is 4.05. The van der Waals surface area contributed by atoms with Gasteiger partial charge < -0.3 is 9.80 Å². The van der Waals surface area contributed by atoms with Gasteiger partial charge in [0.2, 0.25) is 0 Å². The third kappa shape index (κ3) is 3.15. The molecule has 5 nitrogen and oxygen atoms in total. The smallest absolute Gasteiger partial charge is 0.272 e. The van der Waals surface area contributed by atoms with Crippen molar-refractivity contribution in [1.29, 1.82) is 0 Å². The van der Waals surface area contributed by atoms with E-state index in [-0.39, 0.29) is 5.91 Å². The lowest BCUT2D eigenvalue weighted by atomic mass is 10.1. The number of nitrogens with zero attached hydrogens (tertiary/aromatic N) is 4. The zero-order valence-electron chi connectivity index (χ0n) is 17.2. The number of hydrogen-bond acceptors (Lipinski definition) is 3. The zero-order valence-corrected chi connectivity index (χ0v) is 17.2. The maximum absolute atomic E-state index is 13.4. The van der Waals surface area contributed by atoms with Gasteiger partial charge in [0.25, 0.3) is 5.91 Å². The monoisotopic (exact) mass is 376 g/mol. The molecule has 4 rings (SSSR count). The van der Waals surface area contributed by atoms with Crippen LogP contribution in [0.25, 0.3) is 5.65 Å². The van der Waals surface area contributed by atoms with Crippen molar-refractivity contribution < 1.29 is 4.79 Å². The predicted molar refractivity (Wildman–Crippen MR) is 113 cm³/mol. The molecule has 5 heteroatoms. The van der Waals surface area contributed by atoms with Gasteiger partial charge in [-0.15, -0.1) is 0 Å². The Morgan fingerprint density at radius 3 is 2.54 bits per heavy atom. The van der Waals surface area contributed by atoms with Crippen molar-refractivity contribution in [3.8, 4) is 0 Å². The standard InChI is InChI=1S/C23H28N4O/c1-5-19-22(27-10-9-16(2)15-21(27)24-19)23(28)26-13-11-25(12-14-26)20-8-6-7-17(3)18(20)4/h6-10,15H,5,11-14H2,1-4H3. The molecule has 146 valence electrons. The molecule has 2 aromatic heterocycles. The number of rotatable bonds is 3. The fraction of sp³-hybridized carbons (Fsp3) is 0.391. The van der Waals surface area contributed by atoms with E-state index in [2.05, 4.69) is 43.9 Å². The zero-order chi connectivity index (χ0) is 19.8. The normalized spacial score (nSPS) is 14.7. The molecule has 0 unspecified atom stereocenters. The summed E-state index contributed by atoms with van der Waals surface area (Å²) in [6.45, 7) is 11.6. The number of aryl methyl sites for hydroxylation is 3. The van der Waals surface area contributed by atoms with E-state index in [1.54, 1.807) is 0 Å². The maximum Gasteiger partial charge on any atom is 0.272 e. The Morgan fingerprint density at radius 1 is 1.07 bits per heavy atom. The second-order valence-electron chi connectivity index (χ2n) is 7.69. The highest BCUT2D eigenvalue weighted by atomic mass is 16.2. The largest absolute Gasteiger partial charge is 0.368 e. The van der Waals surface area contributed by atoms with E-state index in [9.17, 15) is 4.79 Å². The number of pyridine rings is 1. The Kier molecular flexibility index (Phi) is 4.84. The van der Waals surface area contributed by atoms with Crippen LogP contribution in [0.3, 0.4) is 0 Å². The van der Waals surface area contributed by atoms with Crippen LogP contribution >= 0.6 is 0 Å². The first-order valence-corrected chi connectivity index (χ1v) is 10.1. The van der Waals surface area contributed by atoms with Gasteiger partial charge in [0.15, 0.2) is 0 Å². The van der Waals surface area contributed by atoms with Crippen LogP contribution in [0.4, 0.5) is 5.69 Å². The minimum absolute atomic E-state index is 0.0915. The number of carbonyl (C=O) groups is 1. The van der Waals surface area contributed by atoms with Crippen LogP contribution in [0.2, 0.25) is 0 Å². The number of aromatic nitrogens is 2. The number of fused-ring (bicyclic) bond motifs is 1. The molecule has 1 aromatic carbocycles. The summed E-state index contributed by atoms with van der Waals surface area (Å²) in [5, 5.41) is 0. The van der Waals surface area contributed by atoms with E-state index in [1.807, 2.05) is 34.6 Å². The number of piperazine rings is 1. The highest BCUT2D eigenvalue weighted by Crippen LogP contribution is 2.25. The Bertz CT molecular complexity index is 1030. The summed E-state index contributed by atoms with van der Waals surface area (Å²) in [7, 11) is 0. The average Bonchev–Trinajstić information content (AvgIpc) is 3.07. The topological polar surface area (TPSA) is 40.9 Å². The molecule has 1 saturated heterocycles. The van der Waals surface area contributed by atoms with Crippen LogP contribution in [0.1, 0.15) is 39.8 Å². The van der Waals surface area contributed by atoms with Crippen molar-refractivity contribution in [2.75, 3.05) is 31.1 Å². The molecule has 0 aliphatic carbocycles. The molecule has 1 aliphatic rings. The molecule has 0 atom stereocenters. The molecule has 0 N–H and O–H groups in total. The third-order valence-corrected chi connectivity index (χ3v) is 5.87. The Balaban J connectivity index is 1.56. The second kappa shape index (κ2) is 7.30. The Labute approximate surface area is 166 Å². The summed E-state index contributed by atoms with van der Waals surface area (Å²) in [5.41, 5.74) is 7.53. The Hall–Kier alpha value is -2.82. The molecular formula is C23H28N4O. The SMILES string of the molecule is CCc1nc2cc(C)ccn2c1C(=O)N1CCN(c2cccc(C)c2C)CC1. The van der Waals surface area contributed by atoms with E-state index in [0.29, 0.717) is 0 Å². The number of hydrogen-bond donors (Lipinski definition) is 0. The summed E-state index contributed by atoms with van der Waals surface area (Å²) < 4.78 is 1.95. The van der Waals surface area contributed by atoms with Crippen LogP contribution < -0.4 is 4.90 Å². The molecule has 1 aliphatic heterocycles. The minimum atomic E-state index is 0.0915. The first kappa shape index (κ1) is 18.5. The van der Waals surface area contributed by atoms with Crippen molar-refractivity contribution in [3.05, 3.63) is 64.6 Å². The molecule has 0 spiro atoms. The number of amides is 1. The van der Waals surface area contributed by atoms with Gasteiger partial charge in [0, 0.05) is 38.1 Å². The van der Waals surface area contributed by atoms with E-state index < -0.39 is 0 Å². The molecule has 28 heavy (non-hydrogen) atoms. The molecule has 1 amide bonds. The van der Waals surface area contributed by atoms with Gasteiger partial charge in [0.05, 0.1) is 5.69 Å². The van der Waals surface area contributed by atoms with Crippen molar-refractivity contribution >= 4 is 17.2 Å². The van der Waals surface area contributed by atoms with Crippen molar-refractivity contribution in [2.24, 2.45) is 0 Å². The first-order valence-electron chi connectivity index (χ1n) is 10.1. The van der Waals surface area contributed by atoms with E-state index in [4.69, 9.17) is 4.98 Å². The molecule has 3 aromatic rings. The lowest BCUT2D eigenvalue weighted by Crippen LogP contribution is -2.49. The van der Waals surface area contributed by atoms with Gasteiger partial charge in [-0.3, -0.25) is 9.20 Å². The van der Waals surface area contributed by atoms with Crippen LogP contribution in [-0.4, -0.2) is 46.4 Å². The van der Waals surface area contributed by atoms with Gasteiger partial charge in [-0.25, -0.2) is 4.98 Å². The van der Waals surface area contributed by atoms with E-state index >= 15 is 0 Å². The summed E-state index contributed by atoms with van der Waals surface area (Å²) in [5.74, 6) is 0.0915. The molecule has 3 heterocycles. The maximum atomic E-state index is 13.4. The Morgan fingerprint density at radius 2 is 1.82 bits per heavy atom. The number of carbonyl (C=O) groups excluding carboxylic acids is 1. The predicted octanol–water partition coefficient (Wildman–Crippen LogP) is 3.78. The van der Waals surface area contributed by atoms with Gasteiger partial charge in [-0.1, -0.05) is 19.1 Å². The highest BCUT2D eigenvalue weighted by molar-refractivity contribution is 5.95. The average molecular weight is 377 g/mol. The number of anilines is 1. The van der Waals surface area contributed by atoms with Crippen molar-refractivity contribution in [2.45, 2.75) is 34.1 Å². The van der Waals surface area contributed by atoms with Gasteiger partial charge >= 0.3 is 0 Å². The molecular weight excluding hydrogens is 348 g/mol. The molecule has 0 saturated carbocycles. The van der Waals surface area contributed by atoms with Crippen LogP contribution in [-0.2, 0) is 6.42 Å². The fourth-order valence-electron chi connectivity index (χ4n) is 4.05. The summed E-state index contributed by atoms with van der Waals surface area (Å²) >= 11 is 0. The van der Waals surface area contributed by atoms with Gasteiger partial charge in [-0.05, 0) is 62.1 Å². The van der Waals surface area contributed by atoms with E-state index in [1.165, 1.54) is 16.8 Å². The highest BCUT2D eigenvalue weighted by Gasteiger charge is 2.27. The lowest BCUT2D eigenvalue weighted by Gasteiger charge is -2.37. The first-order chi connectivity index (χ1) is 13.5. The van der Waals surface area contributed by atoms with Crippen LogP contribution in [0, 0.1) is 20.8 Å². The lowest BCUT2D eigenvalue weighted by molar-refractivity contribution is 0.0738. The summed E-state index contributed by atoms with van der Waals surface area (Å²) in [6.07, 6.45) is 2.72. The summed E-state index contributed by atoms with van der Waals surface area (Å²) in [6, 6.07) is 10.5. The molecule has 0 radical (unpaired) electrons. The molecule has 0 bridgehead atoms. The van der Waals surface area contributed by atoms with Gasteiger partial charge in [0.1, 0.15) is 11.3 Å². The van der Waals surface area contributed by atoms with Crippen molar-refractivity contribution in [3.63, 3.8) is 0 Å². The van der Waals surface area contributed by atoms with E-state index in [0.717, 1.165) is 55.2 Å². The van der Waals surface area contributed by atoms with Crippen molar-refractivity contribution in [1.82, 2.24) is 14.3 Å². The van der Waals surface area contributed by atoms with Crippen LogP contribution in [0.15, 0.2) is 36.5 Å². The third-order valence-electron chi connectivity index (χ3n) is 5.87. The second-order valence-corrected chi connectivity index (χ2v) is 7.69. The quantitative estimate of drug-likeness (QED) is 0.698. The molecule has 1 fully saturated rings. The summed E-state index contributed by atoms with van der Waals surface area (Å²) in [4.78, 5) is 22.4. The van der Waals surface area contributed by atoms with Crippen LogP contribution in [0.5, 0.6) is 0 Å². The number of benzene rings is 1. The number of imidazole rings is 1. The minimum Gasteiger partial charge on any atom is -0.368 e. The van der Waals surface area contributed by atoms with Gasteiger partial charge in [-0.2, -0.15) is 0 Å².